The highest BCUT2D eigenvalue weighted by Gasteiger charge is 2.13. The lowest BCUT2D eigenvalue weighted by atomic mass is 10.3. The first-order valence-electron chi connectivity index (χ1n) is 6.54. The molecule has 0 atom stereocenters. The number of pyridine rings is 1. The third-order valence-corrected chi connectivity index (χ3v) is 3.84. The molecule has 0 spiro atoms. The molecule has 0 fully saturated rings. The molecule has 2 aromatic heterocycles. The maximum atomic E-state index is 12.9. The highest BCUT2D eigenvalue weighted by Crippen LogP contribution is 2.27. The van der Waals surface area contributed by atoms with E-state index in [1.54, 1.807) is 24.5 Å². The van der Waals surface area contributed by atoms with Gasteiger partial charge in [0.05, 0.1) is 24.2 Å². The Morgan fingerprint density at radius 3 is 2.90 bits per heavy atom. The molecule has 2 rings (SSSR count). The summed E-state index contributed by atoms with van der Waals surface area (Å²) in [6.45, 7) is 4.34. The second kappa shape index (κ2) is 7.42. The molecule has 0 aromatic carbocycles. The Balaban J connectivity index is 2.21. The summed E-state index contributed by atoms with van der Waals surface area (Å²) in [4.78, 5) is 9.76. The maximum Gasteiger partial charge on any atom is 0.142 e. The van der Waals surface area contributed by atoms with Gasteiger partial charge in [-0.25, -0.2) is 9.37 Å². The number of methoxy groups -OCH3 is 1. The van der Waals surface area contributed by atoms with Crippen molar-refractivity contribution >= 4 is 11.3 Å². The van der Waals surface area contributed by atoms with Gasteiger partial charge in [-0.1, -0.05) is 6.92 Å². The first-order valence-corrected chi connectivity index (χ1v) is 7.36. The molecule has 108 valence electrons. The summed E-state index contributed by atoms with van der Waals surface area (Å²) in [5, 5.41) is 4.16. The van der Waals surface area contributed by atoms with Gasteiger partial charge in [0.15, 0.2) is 0 Å². The van der Waals surface area contributed by atoms with E-state index in [-0.39, 0.29) is 5.82 Å². The van der Waals surface area contributed by atoms with Crippen molar-refractivity contribution < 1.29 is 9.13 Å². The minimum absolute atomic E-state index is 0.341. The third-order valence-electron chi connectivity index (χ3n) is 2.72. The van der Waals surface area contributed by atoms with E-state index in [9.17, 15) is 4.39 Å². The van der Waals surface area contributed by atoms with Crippen molar-refractivity contribution in [1.29, 1.82) is 0 Å². The van der Waals surface area contributed by atoms with Crippen molar-refractivity contribution in [3.05, 3.63) is 34.7 Å². The van der Waals surface area contributed by atoms with Gasteiger partial charge in [0, 0.05) is 18.5 Å². The highest BCUT2D eigenvalue weighted by molar-refractivity contribution is 7.15. The van der Waals surface area contributed by atoms with Crippen LogP contribution in [0.1, 0.15) is 23.9 Å². The summed E-state index contributed by atoms with van der Waals surface area (Å²) in [6.07, 6.45) is 2.30. The average molecular weight is 295 g/mol. The van der Waals surface area contributed by atoms with Crippen LogP contribution in [0, 0.1) is 5.82 Å². The van der Waals surface area contributed by atoms with E-state index in [0.29, 0.717) is 12.3 Å². The van der Waals surface area contributed by atoms with Gasteiger partial charge < -0.3 is 10.1 Å². The molecule has 4 nitrogen and oxygen atoms in total. The molecule has 0 aliphatic carbocycles. The Labute approximate surface area is 122 Å². The summed E-state index contributed by atoms with van der Waals surface area (Å²) in [7, 11) is 1.65. The fourth-order valence-electron chi connectivity index (χ4n) is 1.76. The fourth-order valence-corrected chi connectivity index (χ4v) is 2.77. The van der Waals surface area contributed by atoms with Gasteiger partial charge in [-0.15, -0.1) is 11.3 Å². The number of hydrogen-bond donors (Lipinski definition) is 1. The van der Waals surface area contributed by atoms with E-state index in [4.69, 9.17) is 4.74 Å². The molecule has 6 heteroatoms. The number of rotatable bonds is 7. The van der Waals surface area contributed by atoms with Crippen LogP contribution in [0.3, 0.4) is 0 Å². The van der Waals surface area contributed by atoms with Gasteiger partial charge in [-0.3, -0.25) is 4.98 Å². The summed E-state index contributed by atoms with van der Waals surface area (Å²) in [6, 6.07) is 3.04. The Morgan fingerprint density at radius 2 is 2.25 bits per heavy atom. The average Bonchev–Trinajstić information content (AvgIpc) is 2.84. The number of thiazole rings is 1. The van der Waals surface area contributed by atoms with Gasteiger partial charge in [0.25, 0.3) is 0 Å². The molecule has 1 N–H and O–H groups in total. The van der Waals surface area contributed by atoms with Crippen LogP contribution in [0.25, 0.3) is 10.7 Å². The Kier molecular flexibility index (Phi) is 5.58. The molecule has 0 saturated heterocycles. The normalized spacial score (nSPS) is 10.9. The van der Waals surface area contributed by atoms with E-state index < -0.39 is 0 Å². The minimum Gasteiger partial charge on any atom is -0.378 e. The van der Waals surface area contributed by atoms with Crippen LogP contribution in [0.2, 0.25) is 0 Å². The van der Waals surface area contributed by atoms with Crippen LogP contribution < -0.4 is 5.32 Å². The first kappa shape index (κ1) is 15.0. The lowest BCUT2D eigenvalue weighted by Gasteiger charge is -2.02. The van der Waals surface area contributed by atoms with Gasteiger partial charge in [0.2, 0.25) is 0 Å². The summed E-state index contributed by atoms with van der Waals surface area (Å²) in [5.41, 5.74) is 1.61. The molecule has 2 aromatic rings. The highest BCUT2D eigenvalue weighted by atomic mass is 32.1. The molecule has 2 heterocycles. The van der Waals surface area contributed by atoms with Crippen molar-refractivity contribution in [1.82, 2.24) is 15.3 Å². The zero-order chi connectivity index (χ0) is 14.4. The monoisotopic (exact) mass is 295 g/mol. The Bertz CT molecular complexity index is 542. The van der Waals surface area contributed by atoms with Crippen molar-refractivity contribution in [3.8, 4) is 10.7 Å². The van der Waals surface area contributed by atoms with Gasteiger partial charge in [-0.05, 0) is 25.1 Å². The second-order valence-corrected chi connectivity index (χ2v) is 5.44. The number of ether oxygens (including phenoxy) is 1. The van der Waals surface area contributed by atoms with Crippen LogP contribution in [0.5, 0.6) is 0 Å². The molecule has 0 radical (unpaired) electrons. The zero-order valence-electron chi connectivity index (χ0n) is 11.6. The van der Waals surface area contributed by atoms with Crippen molar-refractivity contribution in [2.45, 2.75) is 26.5 Å². The molecule has 0 aliphatic rings. The molecular formula is C14H18FN3OS. The summed E-state index contributed by atoms with van der Waals surface area (Å²) < 4.78 is 18.1. The largest absolute Gasteiger partial charge is 0.378 e. The topological polar surface area (TPSA) is 47.0 Å². The number of halogens is 1. The van der Waals surface area contributed by atoms with Crippen molar-refractivity contribution in [3.63, 3.8) is 0 Å². The number of hydrogen-bond acceptors (Lipinski definition) is 5. The molecule has 0 bridgehead atoms. The Hall–Kier alpha value is -1.37. The van der Waals surface area contributed by atoms with Crippen molar-refractivity contribution in [2.75, 3.05) is 13.7 Å². The van der Waals surface area contributed by atoms with Gasteiger partial charge >= 0.3 is 0 Å². The second-order valence-electron chi connectivity index (χ2n) is 4.36. The molecule has 0 unspecified atom stereocenters. The van der Waals surface area contributed by atoms with Crippen LogP contribution in [-0.2, 0) is 17.9 Å². The SMILES string of the molecule is CCCNCc1sc(-c2ccc(F)cn2)nc1COC. The third kappa shape index (κ3) is 3.82. The quantitative estimate of drug-likeness (QED) is 0.798. The fraction of sp³-hybridized carbons (Fsp3) is 0.429. The molecule has 0 saturated carbocycles. The van der Waals surface area contributed by atoms with Crippen LogP contribution in [0.15, 0.2) is 18.3 Å². The van der Waals surface area contributed by atoms with E-state index in [2.05, 4.69) is 22.2 Å². The standard InChI is InChI=1S/C14H18FN3OS/c1-3-6-16-8-13-12(9-19-2)18-14(20-13)11-5-4-10(15)7-17-11/h4-5,7,16H,3,6,8-9H2,1-2H3. The van der Waals surface area contributed by atoms with Crippen LogP contribution in [0.4, 0.5) is 4.39 Å². The molecule has 20 heavy (non-hydrogen) atoms. The summed E-state index contributed by atoms with van der Waals surface area (Å²) in [5.74, 6) is -0.341. The predicted molar refractivity (Wildman–Crippen MR) is 78.0 cm³/mol. The first-order chi connectivity index (χ1) is 9.74. The van der Waals surface area contributed by atoms with Gasteiger partial charge in [-0.2, -0.15) is 0 Å². The van der Waals surface area contributed by atoms with E-state index in [0.717, 1.165) is 35.1 Å². The molecule has 0 aliphatic heterocycles. The smallest absolute Gasteiger partial charge is 0.142 e. The minimum atomic E-state index is -0.341. The van der Waals surface area contributed by atoms with Crippen molar-refractivity contribution in [2.24, 2.45) is 0 Å². The Morgan fingerprint density at radius 1 is 1.40 bits per heavy atom. The maximum absolute atomic E-state index is 12.9. The zero-order valence-corrected chi connectivity index (χ0v) is 12.5. The lowest BCUT2D eigenvalue weighted by molar-refractivity contribution is 0.181. The van der Waals surface area contributed by atoms with E-state index in [1.165, 1.54) is 12.3 Å². The van der Waals surface area contributed by atoms with Crippen LogP contribution in [-0.4, -0.2) is 23.6 Å². The van der Waals surface area contributed by atoms with E-state index in [1.807, 2.05) is 0 Å². The molecule has 0 amide bonds. The molecular weight excluding hydrogens is 277 g/mol. The predicted octanol–water partition coefficient (Wildman–Crippen LogP) is 2.99. The summed E-state index contributed by atoms with van der Waals surface area (Å²) >= 11 is 1.57. The van der Waals surface area contributed by atoms with E-state index >= 15 is 0 Å². The van der Waals surface area contributed by atoms with Gasteiger partial charge in [0.1, 0.15) is 10.8 Å². The number of nitrogens with one attached hydrogen (secondary N) is 1. The van der Waals surface area contributed by atoms with Crippen LogP contribution >= 0.6 is 11.3 Å². The number of aromatic nitrogens is 2. The number of nitrogens with zero attached hydrogens (tertiary/aromatic N) is 2. The lowest BCUT2D eigenvalue weighted by Crippen LogP contribution is -2.14.